The van der Waals surface area contributed by atoms with Crippen molar-refractivity contribution >= 4 is 17.5 Å². The van der Waals surface area contributed by atoms with E-state index < -0.39 is 0 Å². The van der Waals surface area contributed by atoms with Gasteiger partial charge in [0, 0.05) is 32.4 Å². The molecule has 0 aliphatic carbocycles. The molecule has 4 heterocycles. The smallest absolute Gasteiger partial charge is 0.227 e. The van der Waals surface area contributed by atoms with Gasteiger partial charge in [-0.3, -0.25) is 14.0 Å². The molecule has 2 saturated heterocycles. The summed E-state index contributed by atoms with van der Waals surface area (Å²) in [6.07, 6.45) is 2.44. The molecule has 2 fully saturated rings. The van der Waals surface area contributed by atoms with Crippen LogP contribution in [0.3, 0.4) is 0 Å². The molecule has 0 radical (unpaired) electrons. The summed E-state index contributed by atoms with van der Waals surface area (Å²) in [6, 6.07) is 5.66. The number of pyridine rings is 1. The van der Waals surface area contributed by atoms with Crippen LogP contribution >= 0.6 is 0 Å². The average Bonchev–Trinajstić information content (AvgIpc) is 3.15. The minimum absolute atomic E-state index is 0.0605. The highest BCUT2D eigenvalue weighted by molar-refractivity contribution is 5.83. The fraction of sp³-hybridized carbons (Fsp3) is 0.556. The molecule has 2 aromatic rings. The summed E-state index contributed by atoms with van der Waals surface area (Å²) in [5.74, 6) is 0.347. The van der Waals surface area contributed by atoms with Gasteiger partial charge in [0.05, 0.1) is 31.6 Å². The van der Waals surface area contributed by atoms with E-state index >= 15 is 0 Å². The lowest BCUT2D eigenvalue weighted by Crippen LogP contribution is -2.51. The van der Waals surface area contributed by atoms with Gasteiger partial charge in [-0.05, 0) is 18.6 Å². The molecular formula is C18H24N6O3. The molecule has 2 aromatic heterocycles. The van der Waals surface area contributed by atoms with Crippen LogP contribution in [0.15, 0.2) is 24.4 Å². The number of amides is 2. The quantitative estimate of drug-likeness (QED) is 0.746. The van der Waals surface area contributed by atoms with E-state index in [-0.39, 0.29) is 23.7 Å². The average molecular weight is 372 g/mol. The standard InChI is InChI=1S/C18H24N6O3/c25-17(20-12-16-22-21-15-3-1-2-4-24(15)16)13-9-14(11-19-10-13)18(26)23-5-7-27-8-6-23/h1-4,13-14,19H,5-12H2,(H,20,25)/t13-,14-/m1/s1. The first-order valence-electron chi connectivity index (χ1n) is 9.36. The zero-order valence-corrected chi connectivity index (χ0v) is 15.1. The van der Waals surface area contributed by atoms with E-state index in [9.17, 15) is 9.59 Å². The van der Waals surface area contributed by atoms with Crippen molar-refractivity contribution in [1.29, 1.82) is 0 Å². The first-order chi connectivity index (χ1) is 13.2. The van der Waals surface area contributed by atoms with Crippen molar-refractivity contribution in [3.8, 4) is 0 Å². The third-order valence-corrected chi connectivity index (χ3v) is 5.20. The number of carbonyl (C=O) groups excluding carboxylic acids is 2. The summed E-state index contributed by atoms with van der Waals surface area (Å²) < 4.78 is 7.16. The number of hydrogen-bond donors (Lipinski definition) is 2. The Bertz CT molecular complexity index is 816. The summed E-state index contributed by atoms with van der Waals surface area (Å²) in [7, 11) is 0. The maximum Gasteiger partial charge on any atom is 0.227 e. The number of hydrogen-bond acceptors (Lipinski definition) is 6. The fourth-order valence-electron chi connectivity index (χ4n) is 3.69. The lowest BCUT2D eigenvalue weighted by molar-refractivity contribution is -0.141. The Morgan fingerprint density at radius 3 is 2.85 bits per heavy atom. The summed E-state index contributed by atoms with van der Waals surface area (Å²) >= 11 is 0. The molecule has 2 aliphatic rings. The molecular weight excluding hydrogens is 348 g/mol. The molecule has 144 valence electrons. The summed E-state index contributed by atoms with van der Waals surface area (Å²) in [5.41, 5.74) is 0.747. The second-order valence-electron chi connectivity index (χ2n) is 6.99. The number of nitrogens with zero attached hydrogens (tertiary/aromatic N) is 4. The number of carbonyl (C=O) groups is 2. The van der Waals surface area contributed by atoms with Crippen LogP contribution in [0.25, 0.3) is 5.65 Å². The molecule has 0 spiro atoms. The number of morpholine rings is 1. The molecule has 2 amide bonds. The van der Waals surface area contributed by atoms with Crippen molar-refractivity contribution in [3.05, 3.63) is 30.2 Å². The molecule has 9 nitrogen and oxygen atoms in total. The first-order valence-corrected chi connectivity index (χ1v) is 9.36. The Kier molecular flexibility index (Phi) is 5.30. The molecule has 27 heavy (non-hydrogen) atoms. The summed E-state index contributed by atoms with van der Waals surface area (Å²) in [4.78, 5) is 27.2. The maximum atomic E-state index is 12.7. The molecule has 2 aliphatic heterocycles. The lowest BCUT2D eigenvalue weighted by atomic mass is 9.88. The van der Waals surface area contributed by atoms with Crippen molar-refractivity contribution in [2.24, 2.45) is 11.8 Å². The van der Waals surface area contributed by atoms with Crippen LogP contribution in [0.1, 0.15) is 12.2 Å². The number of fused-ring (bicyclic) bond motifs is 1. The highest BCUT2D eigenvalue weighted by atomic mass is 16.5. The number of ether oxygens (including phenoxy) is 1. The van der Waals surface area contributed by atoms with Gasteiger partial charge >= 0.3 is 0 Å². The van der Waals surface area contributed by atoms with Gasteiger partial charge in [0.2, 0.25) is 11.8 Å². The largest absolute Gasteiger partial charge is 0.378 e. The van der Waals surface area contributed by atoms with Gasteiger partial charge in [-0.25, -0.2) is 0 Å². The number of rotatable bonds is 4. The highest BCUT2D eigenvalue weighted by Gasteiger charge is 2.33. The van der Waals surface area contributed by atoms with E-state index in [0.29, 0.717) is 58.2 Å². The molecule has 0 bridgehead atoms. The Hall–Kier alpha value is -2.52. The maximum absolute atomic E-state index is 12.7. The van der Waals surface area contributed by atoms with Crippen LogP contribution in [0.4, 0.5) is 0 Å². The zero-order valence-electron chi connectivity index (χ0n) is 15.1. The predicted molar refractivity (Wildman–Crippen MR) is 96.7 cm³/mol. The van der Waals surface area contributed by atoms with Gasteiger partial charge < -0.3 is 20.3 Å². The van der Waals surface area contributed by atoms with Gasteiger partial charge in [-0.1, -0.05) is 6.07 Å². The SMILES string of the molecule is O=C(NCc1nnc2ccccn12)[C@H]1CNC[C@H](C(=O)N2CCOCC2)C1. The normalized spacial score (nSPS) is 23.3. The molecule has 2 atom stereocenters. The second kappa shape index (κ2) is 8.01. The van der Waals surface area contributed by atoms with E-state index in [1.54, 1.807) is 0 Å². The number of piperidine rings is 1. The molecule has 0 unspecified atom stereocenters. The summed E-state index contributed by atoms with van der Waals surface area (Å²) in [6.45, 7) is 3.94. The van der Waals surface area contributed by atoms with E-state index in [1.165, 1.54) is 0 Å². The van der Waals surface area contributed by atoms with E-state index in [0.717, 1.165) is 5.65 Å². The monoisotopic (exact) mass is 372 g/mol. The van der Waals surface area contributed by atoms with E-state index in [2.05, 4.69) is 20.8 Å². The van der Waals surface area contributed by atoms with Gasteiger partial charge in [-0.15, -0.1) is 10.2 Å². The van der Waals surface area contributed by atoms with E-state index in [4.69, 9.17) is 4.74 Å². The summed E-state index contributed by atoms with van der Waals surface area (Å²) in [5, 5.41) is 14.4. The van der Waals surface area contributed by atoms with Crippen LogP contribution in [0, 0.1) is 11.8 Å². The van der Waals surface area contributed by atoms with Gasteiger partial charge in [0.25, 0.3) is 0 Å². The Balaban J connectivity index is 1.33. The first kappa shape index (κ1) is 17.9. The minimum atomic E-state index is -0.229. The van der Waals surface area contributed by atoms with Crippen molar-refractivity contribution in [3.63, 3.8) is 0 Å². The lowest BCUT2D eigenvalue weighted by Gasteiger charge is -2.34. The highest BCUT2D eigenvalue weighted by Crippen LogP contribution is 2.20. The Morgan fingerprint density at radius 2 is 2.00 bits per heavy atom. The predicted octanol–water partition coefficient (Wildman–Crippen LogP) is -0.570. The second-order valence-corrected chi connectivity index (χ2v) is 6.99. The number of aromatic nitrogens is 3. The molecule has 2 N–H and O–H groups in total. The fourth-order valence-corrected chi connectivity index (χ4v) is 3.69. The third-order valence-electron chi connectivity index (χ3n) is 5.20. The zero-order chi connectivity index (χ0) is 18.6. The Labute approximate surface area is 157 Å². The third kappa shape index (κ3) is 3.93. The van der Waals surface area contributed by atoms with Gasteiger partial charge in [0.15, 0.2) is 11.5 Å². The van der Waals surface area contributed by atoms with Crippen molar-refractivity contribution in [2.75, 3.05) is 39.4 Å². The molecule has 0 aromatic carbocycles. The van der Waals surface area contributed by atoms with Crippen LogP contribution in [-0.2, 0) is 20.9 Å². The topological polar surface area (TPSA) is 101 Å². The van der Waals surface area contributed by atoms with Crippen LogP contribution in [0.2, 0.25) is 0 Å². The van der Waals surface area contributed by atoms with Crippen molar-refractivity contribution < 1.29 is 14.3 Å². The molecule has 0 saturated carbocycles. The van der Waals surface area contributed by atoms with Crippen LogP contribution in [0.5, 0.6) is 0 Å². The molecule has 4 rings (SSSR count). The Morgan fingerprint density at radius 1 is 1.19 bits per heavy atom. The van der Waals surface area contributed by atoms with Gasteiger partial charge in [0.1, 0.15) is 0 Å². The van der Waals surface area contributed by atoms with E-state index in [1.807, 2.05) is 33.7 Å². The molecule has 9 heteroatoms. The number of nitrogens with one attached hydrogen (secondary N) is 2. The van der Waals surface area contributed by atoms with Crippen LogP contribution in [-0.4, -0.2) is 70.7 Å². The van der Waals surface area contributed by atoms with Crippen LogP contribution < -0.4 is 10.6 Å². The van der Waals surface area contributed by atoms with Crippen molar-refractivity contribution in [2.45, 2.75) is 13.0 Å². The van der Waals surface area contributed by atoms with Crippen molar-refractivity contribution in [1.82, 2.24) is 30.1 Å². The minimum Gasteiger partial charge on any atom is -0.378 e. The van der Waals surface area contributed by atoms with Gasteiger partial charge in [-0.2, -0.15) is 0 Å².